The Kier molecular flexibility index (Phi) is 16.3. The molecule has 0 spiro atoms. The van der Waals surface area contributed by atoms with Crippen LogP contribution < -0.4 is 9.47 Å². The first-order valence-electron chi connectivity index (χ1n) is 20.0. The molecule has 0 aliphatic carbocycles. The average Bonchev–Trinajstić information content (AvgIpc) is 4.16. The van der Waals surface area contributed by atoms with Gasteiger partial charge in [-0.25, -0.2) is 0 Å². The highest BCUT2D eigenvalue weighted by Gasteiger charge is 2.31. The number of fused-ring (bicyclic) bond motifs is 1. The minimum atomic E-state index is -0.526. The number of aliphatic hydroxyl groups excluding tert-OH is 2. The molecule has 6 N–H and O–H groups in total. The Morgan fingerprint density at radius 3 is 1.73 bits per heavy atom. The standard InChI is InChI=1S/C17H16O5.C10H10N2O.C10H12O5.C10H12O3/c18-10-13-8-12(16-19-6-7-20-16)9-14-15(13)22-17(21-14)11-4-2-1-3-5-11;1-7-3-9(6-12-13)4-10(5-11)8(7)2;11-5-7-3-6(4-8(12)9(7)13)10-14-1-2-15-10;1-7-6-8(2-3-9(7)11)10-12-4-5-13-10/h1-5,8-9,16-18H,6-7,10H2;3-4,6,13H,1-2H3;3-4,10-13H,1-2,5H2;2-3,6,10-11H,4-5H2,1H3/b;12-6+;;. The predicted molar refractivity (Wildman–Crippen MR) is 225 cm³/mol. The number of oxime groups is 1. The summed E-state index contributed by atoms with van der Waals surface area (Å²) in [5.74, 6) is 0.907. The van der Waals surface area contributed by atoms with Gasteiger partial charge >= 0.3 is 0 Å². The first kappa shape index (κ1) is 46.2. The molecule has 1 atom stereocenters. The quantitative estimate of drug-likeness (QED) is 0.0416. The van der Waals surface area contributed by atoms with Gasteiger partial charge in [-0.15, -0.1) is 0 Å². The SMILES string of the molecule is Cc1cc(/C=N/O)cc(C#N)c1C.Cc1cc(C2OCCO2)ccc1O.OCc1cc(C2OCCO2)cc(O)c1O.OCc1cc(C2OCCO2)cc2c1OC(c1ccccc1)O2. The fourth-order valence-electron chi connectivity index (χ4n) is 6.73. The molecule has 16 nitrogen and oxygen atoms in total. The van der Waals surface area contributed by atoms with Crippen molar-refractivity contribution in [2.75, 3.05) is 39.6 Å². The molecule has 5 aromatic rings. The van der Waals surface area contributed by atoms with E-state index in [1.54, 1.807) is 18.2 Å². The maximum Gasteiger partial charge on any atom is 0.267 e. The lowest BCUT2D eigenvalue weighted by atomic mass is 10.0. The van der Waals surface area contributed by atoms with E-state index in [0.717, 1.165) is 38.9 Å². The molecule has 4 aliphatic rings. The third-order valence-electron chi connectivity index (χ3n) is 10.1. The number of nitrogens with zero attached hydrogens (tertiary/aromatic N) is 2. The lowest BCUT2D eigenvalue weighted by molar-refractivity contribution is -0.0445. The van der Waals surface area contributed by atoms with Crippen LogP contribution >= 0.6 is 0 Å². The topological polar surface area (TPSA) is 231 Å². The van der Waals surface area contributed by atoms with E-state index in [9.17, 15) is 20.4 Å². The minimum absolute atomic E-state index is 0.131. The molecule has 3 fully saturated rings. The second kappa shape index (κ2) is 22.2. The molecule has 0 bridgehead atoms. The number of aryl methyl sites for hydroxylation is 2. The largest absolute Gasteiger partial charge is 0.508 e. The van der Waals surface area contributed by atoms with E-state index in [4.69, 9.17) is 53.5 Å². The molecule has 0 amide bonds. The molecular formula is C47H50N2O14. The Bertz CT molecular complexity index is 2370. The molecule has 5 aromatic carbocycles. The van der Waals surface area contributed by atoms with Crippen molar-refractivity contribution in [2.45, 2.75) is 59.1 Å². The van der Waals surface area contributed by atoms with Gasteiger partial charge in [-0.2, -0.15) is 5.26 Å². The molecule has 3 saturated heterocycles. The van der Waals surface area contributed by atoms with Crippen LogP contribution in [0.15, 0.2) is 90.1 Å². The zero-order valence-electron chi connectivity index (χ0n) is 35.0. The smallest absolute Gasteiger partial charge is 0.267 e. The van der Waals surface area contributed by atoms with Crippen LogP contribution in [0.2, 0.25) is 0 Å². The van der Waals surface area contributed by atoms with Crippen LogP contribution in [-0.2, 0) is 41.6 Å². The number of nitriles is 1. The van der Waals surface area contributed by atoms with E-state index in [-0.39, 0.29) is 36.6 Å². The summed E-state index contributed by atoms with van der Waals surface area (Å²) >= 11 is 0. The van der Waals surface area contributed by atoms with Crippen molar-refractivity contribution in [3.8, 4) is 34.8 Å². The van der Waals surface area contributed by atoms with Crippen LogP contribution in [0.5, 0.6) is 28.7 Å². The van der Waals surface area contributed by atoms with Crippen LogP contribution in [0.1, 0.15) is 86.4 Å². The second-order valence-electron chi connectivity index (χ2n) is 14.5. The van der Waals surface area contributed by atoms with E-state index >= 15 is 0 Å². The van der Waals surface area contributed by atoms with E-state index in [1.165, 1.54) is 12.3 Å². The third kappa shape index (κ3) is 11.8. The Hall–Kier alpha value is -6.26. The van der Waals surface area contributed by atoms with Gasteiger partial charge in [-0.05, 0) is 85.5 Å². The van der Waals surface area contributed by atoms with Crippen molar-refractivity contribution in [1.82, 2.24) is 0 Å². The van der Waals surface area contributed by atoms with Gasteiger partial charge in [0.15, 0.2) is 41.9 Å². The molecule has 0 aromatic heterocycles. The Labute approximate surface area is 364 Å². The molecule has 0 radical (unpaired) electrons. The molecule has 0 saturated carbocycles. The van der Waals surface area contributed by atoms with Crippen LogP contribution in [0.4, 0.5) is 0 Å². The molecule has 4 aliphatic heterocycles. The van der Waals surface area contributed by atoms with Gasteiger partial charge in [0.1, 0.15) is 5.75 Å². The number of phenolic OH excluding ortho intramolecular Hbond substituents is 2. The number of aliphatic hydroxyl groups is 2. The number of rotatable bonds is 7. The summed E-state index contributed by atoms with van der Waals surface area (Å²) in [5, 5.41) is 66.7. The van der Waals surface area contributed by atoms with Crippen LogP contribution in [0.3, 0.4) is 0 Å². The number of hydrogen-bond acceptors (Lipinski definition) is 16. The molecule has 332 valence electrons. The summed E-state index contributed by atoms with van der Waals surface area (Å²) in [6.45, 7) is 8.62. The molecule has 1 unspecified atom stereocenters. The summed E-state index contributed by atoms with van der Waals surface area (Å²) in [4.78, 5) is 0. The lowest BCUT2D eigenvalue weighted by Crippen LogP contribution is -2.07. The minimum Gasteiger partial charge on any atom is -0.508 e. The maximum absolute atomic E-state index is 9.61. The zero-order valence-corrected chi connectivity index (χ0v) is 35.0. The normalized spacial score (nSPS) is 17.0. The van der Waals surface area contributed by atoms with Crippen molar-refractivity contribution in [3.63, 3.8) is 0 Å². The first-order valence-corrected chi connectivity index (χ1v) is 20.0. The Balaban J connectivity index is 0.000000144. The van der Waals surface area contributed by atoms with Gasteiger partial charge in [0, 0.05) is 33.4 Å². The fraction of sp³-hybridized carbons (Fsp3) is 0.319. The fourth-order valence-corrected chi connectivity index (χ4v) is 6.73. The number of benzene rings is 5. The van der Waals surface area contributed by atoms with Crippen molar-refractivity contribution in [1.29, 1.82) is 5.26 Å². The van der Waals surface area contributed by atoms with E-state index < -0.39 is 18.9 Å². The number of hydrogen-bond donors (Lipinski definition) is 6. The van der Waals surface area contributed by atoms with Crippen LogP contribution in [-0.4, -0.2) is 76.6 Å². The third-order valence-corrected chi connectivity index (χ3v) is 10.1. The van der Waals surface area contributed by atoms with Crippen LogP contribution in [0.25, 0.3) is 0 Å². The summed E-state index contributed by atoms with van der Waals surface area (Å²) in [6.07, 6.45) is -0.369. The summed E-state index contributed by atoms with van der Waals surface area (Å²) < 4.78 is 43.9. The highest BCUT2D eigenvalue weighted by Crippen LogP contribution is 2.45. The highest BCUT2D eigenvalue weighted by molar-refractivity contribution is 5.80. The van der Waals surface area contributed by atoms with Gasteiger partial charge < -0.3 is 68.6 Å². The zero-order chi connectivity index (χ0) is 44.9. The average molecular weight is 867 g/mol. The lowest BCUT2D eigenvalue weighted by Gasteiger charge is -2.12. The number of ether oxygens (including phenoxy) is 8. The summed E-state index contributed by atoms with van der Waals surface area (Å²) in [5.41, 5.74) is 8.43. The van der Waals surface area contributed by atoms with E-state index in [0.29, 0.717) is 73.6 Å². The number of aromatic hydroxyl groups is 3. The number of phenols is 3. The second-order valence-corrected chi connectivity index (χ2v) is 14.5. The van der Waals surface area contributed by atoms with Gasteiger partial charge in [-0.1, -0.05) is 47.6 Å². The van der Waals surface area contributed by atoms with Crippen molar-refractivity contribution >= 4 is 6.21 Å². The molecule has 4 heterocycles. The van der Waals surface area contributed by atoms with Gasteiger partial charge in [-0.3, -0.25) is 0 Å². The Morgan fingerprint density at radius 2 is 1.17 bits per heavy atom. The predicted octanol–water partition coefficient (Wildman–Crippen LogP) is 7.06. The van der Waals surface area contributed by atoms with Crippen molar-refractivity contribution in [2.24, 2.45) is 5.16 Å². The van der Waals surface area contributed by atoms with Crippen molar-refractivity contribution < 1.29 is 68.6 Å². The molecular weight excluding hydrogens is 817 g/mol. The molecule has 63 heavy (non-hydrogen) atoms. The first-order chi connectivity index (χ1) is 30.5. The Morgan fingerprint density at radius 1 is 0.603 bits per heavy atom. The van der Waals surface area contributed by atoms with Crippen molar-refractivity contribution in [3.05, 3.63) is 146 Å². The van der Waals surface area contributed by atoms with E-state index in [2.05, 4.69) is 11.2 Å². The summed E-state index contributed by atoms with van der Waals surface area (Å²) in [7, 11) is 0. The van der Waals surface area contributed by atoms with Gasteiger partial charge in [0.2, 0.25) is 0 Å². The maximum atomic E-state index is 9.61. The van der Waals surface area contributed by atoms with Crippen LogP contribution in [0, 0.1) is 32.1 Å². The van der Waals surface area contributed by atoms with Gasteiger partial charge in [0.25, 0.3) is 6.29 Å². The molecule has 16 heteroatoms. The van der Waals surface area contributed by atoms with Gasteiger partial charge in [0.05, 0.1) is 70.7 Å². The monoisotopic (exact) mass is 866 g/mol. The highest BCUT2D eigenvalue weighted by atomic mass is 16.7. The molecule has 9 rings (SSSR count). The summed E-state index contributed by atoms with van der Waals surface area (Å²) in [6, 6.07) is 27.3. The van der Waals surface area contributed by atoms with E-state index in [1.807, 2.05) is 81.4 Å².